The van der Waals surface area contributed by atoms with Crippen molar-refractivity contribution in [1.82, 2.24) is 0 Å². The van der Waals surface area contributed by atoms with Crippen LogP contribution in [0.1, 0.15) is 5.56 Å². The number of methoxy groups -OCH3 is 1. The Balaban J connectivity index is 2.18. The van der Waals surface area contributed by atoms with Crippen molar-refractivity contribution in [3.05, 3.63) is 60.2 Å². The van der Waals surface area contributed by atoms with Gasteiger partial charge in [-0.1, -0.05) is 54.6 Å². The molecule has 3 nitrogen and oxygen atoms in total. The number of hydrogen-bond acceptors (Lipinski definition) is 3. The molecule has 0 radical (unpaired) electrons. The number of carbonyl (C=O) groups excluding carboxylic acids is 1. The largest absolute Gasteiger partial charge is 0.468 e. The maximum absolute atomic E-state index is 11.3. The fourth-order valence-corrected chi connectivity index (χ4v) is 2.00. The summed E-state index contributed by atoms with van der Waals surface area (Å²) in [6.07, 6.45) is 0.480. The van der Waals surface area contributed by atoms with Crippen molar-refractivity contribution in [2.24, 2.45) is 5.73 Å². The van der Waals surface area contributed by atoms with Crippen LogP contribution < -0.4 is 5.73 Å². The summed E-state index contributed by atoms with van der Waals surface area (Å²) in [5, 5.41) is 0. The van der Waals surface area contributed by atoms with E-state index in [9.17, 15) is 4.79 Å². The van der Waals surface area contributed by atoms with Crippen LogP contribution in [0, 0.1) is 0 Å². The minimum atomic E-state index is -0.615. The molecule has 0 aliphatic rings. The van der Waals surface area contributed by atoms with Crippen LogP contribution in [0.2, 0.25) is 0 Å². The first kappa shape index (κ1) is 13.3. The van der Waals surface area contributed by atoms with Crippen molar-refractivity contribution in [2.45, 2.75) is 12.5 Å². The van der Waals surface area contributed by atoms with E-state index in [4.69, 9.17) is 5.73 Å². The number of hydrogen-bond donors (Lipinski definition) is 1. The SMILES string of the molecule is COC(=O)C(N)Cc1cccc(-c2ccccc2)c1. The van der Waals surface area contributed by atoms with Gasteiger partial charge in [0.05, 0.1) is 7.11 Å². The molecule has 2 N–H and O–H groups in total. The highest BCUT2D eigenvalue weighted by atomic mass is 16.5. The summed E-state index contributed by atoms with van der Waals surface area (Å²) in [4.78, 5) is 11.3. The molecule has 0 fully saturated rings. The molecule has 1 unspecified atom stereocenters. The van der Waals surface area contributed by atoms with E-state index < -0.39 is 6.04 Å². The van der Waals surface area contributed by atoms with Gasteiger partial charge in [-0.05, 0) is 23.1 Å². The lowest BCUT2D eigenvalue weighted by Crippen LogP contribution is -2.33. The number of esters is 1. The molecular formula is C16H17NO2. The second-order valence-electron chi connectivity index (χ2n) is 4.40. The Kier molecular flexibility index (Phi) is 4.31. The Hall–Kier alpha value is -2.13. The van der Waals surface area contributed by atoms with Gasteiger partial charge in [-0.15, -0.1) is 0 Å². The smallest absolute Gasteiger partial charge is 0.322 e. The van der Waals surface area contributed by atoms with Crippen LogP contribution in [0.15, 0.2) is 54.6 Å². The number of rotatable bonds is 4. The summed E-state index contributed by atoms with van der Waals surface area (Å²) in [7, 11) is 1.35. The van der Waals surface area contributed by atoms with Crippen molar-refractivity contribution in [1.29, 1.82) is 0 Å². The molecular weight excluding hydrogens is 238 g/mol. The molecule has 2 rings (SSSR count). The minimum absolute atomic E-state index is 0.384. The van der Waals surface area contributed by atoms with Crippen LogP contribution in [-0.2, 0) is 16.0 Å². The molecule has 2 aromatic carbocycles. The number of ether oxygens (including phenoxy) is 1. The second-order valence-corrected chi connectivity index (χ2v) is 4.40. The molecule has 0 saturated heterocycles. The summed E-state index contributed by atoms with van der Waals surface area (Å²) in [6, 6.07) is 17.5. The van der Waals surface area contributed by atoms with Crippen LogP contribution in [0.25, 0.3) is 11.1 Å². The zero-order valence-corrected chi connectivity index (χ0v) is 10.9. The number of carbonyl (C=O) groups is 1. The zero-order chi connectivity index (χ0) is 13.7. The summed E-state index contributed by atoms with van der Waals surface area (Å²) in [6.45, 7) is 0. The minimum Gasteiger partial charge on any atom is -0.468 e. The Labute approximate surface area is 113 Å². The van der Waals surface area contributed by atoms with E-state index in [1.807, 2.05) is 36.4 Å². The molecule has 0 saturated carbocycles. The van der Waals surface area contributed by atoms with Crippen LogP contribution in [-0.4, -0.2) is 19.1 Å². The molecule has 0 heterocycles. The van der Waals surface area contributed by atoms with Crippen LogP contribution in [0.4, 0.5) is 0 Å². The van der Waals surface area contributed by atoms with Gasteiger partial charge in [0.25, 0.3) is 0 Å². The first-order valence-electron chi connectivity index (χ1n) is 6.18. The topological polar surface area (TPSA) is 52.3 Å². The lowest BCUT2D eigenvalue weighted by molar-refractivity contribution is -0.142. The predicted molar refractivity (Wildman–Crippen MR) is 75.6 cm³/mol. The third-order valence-electron chi connectivity index (χ3n) is 2.99. The van der Waals surface area contributed by atoms with E-state index in [0.717, 1.165) is 16.7 Å². The zero-order valence-electron chi connectivity index (χ0n) is 10.9. The highest BCUT2D eigenvalue weighted by Gasteiger charge is 2.14. The van der Waals surface area contributed by atoms with Gasteiger partial charge in [0, 0.05) is 0 Å². The first-order chi connectivity index (χ1) is 9.20. The summed E-state index contributed by atoms with van der Waals surface area (Å²) in [5.74, 6) is -0.384. The Bertz CT molecular complexity index is 552. The molecule has 0 aliphatic carbocycles. The van der Waals surface area contributed by atoms with Gasteiger partial charge >= 0.3 is 5.97 Å². The van der Waals surface area contributed by atoms with Gasteiger partial charge in [-0.3, -0.25) is 4.79 Å². The van der Waals surface area contributed by atoms with Crippen LogP contribution in [0.3, 0.4) is 0 Å². The summed E-state index contributed by atoms with van der Waals surface area (Å²) >= 11 is 0. The van der Waals surface area contributed by atoms with E-state index in [2.05, 4.69) is 22.9 Å². The maximum Gasteiger partial charge on any atom is 0.322 e. The molecule has 3 heteroatoms. The third-order valence-corrected chi connectivity index (χ3v) is 2.99. The third kappa shape index (κ3) is 3.42. The summed E-state index contributed by atoms with van der Waals surface area (Å²) in [5.41, 5.74) is 9.07. The molecule has 0 amide bonds. The lowest BCUT2D eigenvalue weighted by atomic mass is 10.00. The quantitative estimate of drug-likeness (QED) is 0.853. The first-order valence-corrected chi connectivity index (χ1v) is 6.18. The predicted octanol–water partition coefficient (Wildman–Crippen LogP) is 2.40. The van der Waals surface area contributed by atoms with Crippen LogP contribution >= 0.6 is 0 Å². The average Bonchev–Trinajstić information content (AvgIpc) is 2.47. The van der Waals surface area contributed by atoms with Gasteiger partial charge in [0.1, 0.15) is 6.04 Å². The van der Waals surface area contributed by atoms with Crippen molar-refractivity contribution >= 4 is 5.97 Å². The molecule has 0 spiro atoms. The van der Waals surface area contributed by atoms with Crippen molar-refractivity contribution in [3.63, 3.8) is 0 Å². The molecule has 0 aromatic heterocycles. The second kappa shape index (κ2) is 6.16. The molecule has 1 atom stereocenters. The van der Waals surface area contributed by atoms with Crippen molar-refractivity contribution < 1.29 is 9.53 Å². The fourth-order valence-electron chi connectivity index (χ4n) is 2.00. The standard InChI is InChI=1S/C16H17NO2/c1-19-16(18)15(17)11-12-6-5-9-14(10-12)13-7-3-2-4-8-13/h2-10,15H,11,17H2,1H3. The highest BCUT2D eigenvalue weighted by molar-refractivity contribution is 5.76. The molecule has 2 aromatic rings. The van der Waals surface area contributed by atoms with E-state index >= 15 is 0 Å². The Morgan fingerprint density at radius 2 is 1.79 bits per heavy atom. The van der Waals surface area contributed by atoms with Gasteiger partial charge in [0.15, 0.2) is 0 Å². The monoisotopic (exact) mass is 255 g/mol. The number of nitrogens with two attached hydrogens (primary N) is 1. The molecule has 0 aliphatic heterocycles. The maximum atomic E-state index is 11.3. The molecule has 0 bridgehead atoms. The van der Waals surface area contributed by atoms with E-state index in [1.54, 1.807) is 0 Å². The molecule has 19 heavy (non-hydrogen) atoms. The van der Waals surface area contributed by atoms with E-state index in [0.29, 0.717) is 6.42 Å². The fraction of sp³-hybridized carbons (Fsp3) is 0.188. The van der Waals surface area contributed by atoms with Crippen molar-refractivity contribution in [2.75, 3.05) is 7.11 Å². The van der Waals surface area contributed by atoms with Gasteiger partial charge < -0.3 is 10.5 Å². The lowest BCUT2D eigenvalue weighted by Gasteiger charge is -2.10. The Morgan fingerprint density at radius 3 is 2.47 bits per heavy atom. The normalized spacial score (nSPS) is 11.9. The summed E-state index contributed by atoms with van der Waals surface area (Å²) < 4.78 is 4.64. The van der Waals surface area contributed by atoms with Crippen molar-refractivity contribution in [3.8, 4) is 11.1 Å². The Morgan fingerprint density at radius 1 is 1.11 bits per heavy atom. The number of benzene rings is 2. The average molecular weight is 255 g/mol. The van der Waals surface area contributed by atoms with Crippen LogP contribution in [0.5, 0.6) is 0 Å². The van der Waals surface area contributed by atoms with E-state index in [-0.39, 0.29) is 5.97 Å². The van der Waals surface area contributed by atoms with Gasteiger partial charge in [-0.25, -0.2) is 0 Å². The molecule has 98 valence electrons. The van der Waals surface area contributed by atoms with Gasteiger partial charge in [0.2, 0.25) is 0 Å². The highest BCUT2D eigenvalue weighted by Crippen LogP contribution is 2.20. The van der Waals surface area contributed by atoms with E-state index in [1.165, 1.54) is 7.11 Å². The van der Waals surface area contributed by atoms with Gasteiger partial charge in [-0.2, -0.15) is 0 Å².